The Bertz CT molecular complexity index is 250. The van der Waals surface area contributed by atoms with E-state index in [-0.39, 0.29) is 12.1 Å². The third-order valence-corrected chi connectivity index (χ3v) is 3.89. The number of carbonyl (C=O) groups is 1. The molecule has 0 aromatic heterocycles. The number of hydrogen-bond donors (Lipinski definition) is 1. The molecule has 1 fully saturated rings. The Hall–Kier alpha value is -0.570. The van der Waals surface area contributed by atoms with Crippen molar-refractivity contribution in [1.29, 1.82) is 0 Å². The fraction of sp³-hybridized carbons (Fsp3) is 0.923. The first-order chi connectivity index (χ1) is 7.36. The summed E-state index contributed by atoms with van der Waals surface area (Å²) in [7, 11) is 0. The second-order valence-corrected chi connectivity index (χ2v) is 5.88. The van der Waals surface area contributed by atoms with E-state index in [1.165, 1.54) is 0 Å². The van der Waals surface area contributed by atoms with Gasteiger partial charge in [-0.2, -0.15) is 0 Å². The summed E-state index contributed by atoms with van der Waals surface area (Å²) in [6, 6.07) is 0. The van der Waals surface area contributed by atoms with Gasteiger partial charge in [-0.1, -0.05) is 13.8 Å². The summed E-state index contributed by atoms with van der Waals surface area (Å²) in [5.74, 6) is 1.24. The summed E-state index contributed by atoms with van der Waals surface area (Å²) in [6.07, 6.45) is 3.25. The molecule has 1 saturated carbocycles. The molecule has 0 saturated heterocycles. The van der Waals surface area contributed by atoms with Crippen molar-refractivity contribution in [2.75, 3.05) is 6.54 Å². The highest BCUT2D eigenvalue weighted by molar-refractivity contribution is 5.76. The number of carbonyl (C=O) groups excluding carboxylic acids is 1. The molecule has 0 radical (unpaired) electrons. The minimum Gasteiger partial charge on any atom is -0.462 e. The Morgan fingerprint density at radius 3 is 2.44 bits per heavy atom. The van der Waals surface area contributed by atoms with E-state index in [0.29, 0.717) is 12.5 Å². The molecule has 16 heavy (non-hydrogen) atoms. The molecule has 0 aromatic rings. The lowest BCUT2D eigenvalue weighted by molar-refractivity contribution is -0.161. The van der Waals surface area contributed by atoms with E-state index in [0.717, 1.165) is 25.2 Å². The van der Waals surface area contributed by atoms with Crippen molar-refractivity contribution in [2.24, 2.45) is 23.0 Å². The third-order valence-electron chi connectivity index (χ3n) is 3.89. The normalized spacial score (nSPS) is 31.2. The maximum atomic E-state index is 11.9. The Balaban J connectivity index is 2.47. The number of ether oxygens (including phenoxy) is 1. The van der Waals surface area contributed by atoms with Gasteiger partial charge in [-0.05, 0) is 44.9 Å². The van der Waals surface area contributed by atoms with Crippen LogP contribution in [0.15, 0.2) is 0 Å². The number of esters is 1. The summed E-state index contributed by atoms with van der Waals surface area (Å²) < 4.78 is 5.55. The van der Waals surface area contributed by atoms with Crippen molar-refractivity contribution < 1.29 is 9.53 Å². The molecule has 2 N–H and O–H groups in total. The summed E-state index contributed by atoms with van der Waals surface area (Å²) in [5, 5.41) is 0. The van der Waals surface area contributed by atoms with E-state index in [2.05, 4.69) is 13.8 Å². The van der Waals surface area contributed by atoms with Gasteiger partial charge in [-0.25, -0.2) is 0 Å². The lowest BCUT2D eigenvalue weighted by Crippen LogP contribution is -2.38. The predicted molar refractivity (Wildman–Crippen MR) is 64.9 cm³/mol. The van der Waals surface area contributed by atoms with Crippen LogP contribution >= 0.6 is 0 Å². The van der Waals surface area contributed by atoms with Gasteiger partial charge in [0.25, 0.3) is 0 Å². The van der Waals surface area contributed by atoms with Crippen molar-refractivity contribution in [3.8, 4) is 0 Å². The van der Waals surface area contributed by atoms with Crippen LogP contribution in [0.5, 0.6) is 0 Å². The number of nitrogens with two attached hydrogens (primary N) is 1. The van der Waals surface area contributed by atoms with E-state index in [1.54, 1.807) is 0 Å². The van der Waals surface area contributed by atoms with E-state index in [9.17, 15) is 4.79 Å². The van der Waals surface area contributed by atoms with Crippen LogP contribution in [0, 0.1) is 17.3 Å². The second kappa shape index (κ2) is 5.17. The average Bonchev–Trinajstić information content (AvgIpc) is 2.23. The minimum atomic E-state index is -0.549. The van der Waals surface area contributed by atoms with Gasteiger partial charge in [-0.15, -0.1) is 0 Å². The molecule has 1 rings (SSSR count). The monoisotopic (exact) mass is 227 g/mol. The second-order valence-electron chi connectivity index (χ2n) is 5.88. The van der Waals surface area contributed by atoms with Crippen LogP contribution in [0.1, 0.15) is 47.0 Å². The topological polar surface area (TPSA) is 52.3 Å². The van der Waals surface area contributed by atoms with Gasteiger partial charge >= 0.3 is 5.97 Å². The number of hydrogen-bond acceptors (Lipinski definition) is 3. The molecule has 0 aliphatic heterocycles. The highest BCUT2D eigenvalue weighted by atomic mass is 16.5. The Morgan fingerprint density at radius 2 is 1.94 bits per heavy atom. The molecule has 3 atom stereocenters. The summed E-state index contributed by atoms with van der Waals surface area (Å²) in [6.45, 7) is 8.52. The Labute approximate surface area is 98.7 Å². The molecular formula is C13H25NO2. The quantitative estimate of drug-likeness (QED) is 0.753. The highest BCUT2D eigenvalue weighted by Crippen LogP contribution is 2.32. The van der Waals surface area contributed by atoms with Gasteiger partial charge in [0.2, 0.25) is 0 Å². The predicted octanol–water partition coefficient (Wildman–Crippen LogP) is 2.34. The molecule has 1 aliphatic rings. The fourth-order valence-electron chi connectivity index (χ4n) is 2.00. The molecule has 0 heterocycles. The maximum Gasteiger partial charge on any atom is 0.313 e. The lowest BCUT2D eigenvalue weighted by Gasteiger charge is -2.33. The molecule has 1 aliphatic carbocycles. The summed E-state index contributed by atoms with van der Waals surface area (Å²) in [4.78, 5) is 11.9. The van der Waals surface area contributed by atoms with Crippen LogP contribution in [0.4, 0.5) is 0 Å². The zero-order valence-corrected chi connectivity index (χ0v) is 11.0. The first kappa shape index (κ1) is 13.5. The van der Waals surface area contributed by atoms with Crippen LogP contribution in [0.25, 0.3) is 0 Å². The van der Waals surface area contributed by atoms with Gasteiger partial charge in [0.15, 0.2) is 0 Å². The Kier molecular flexibility index (Phi) is 4.36. The maximum absolute atomic E-state index is 11.9. The van der Waals surface area contributed by atoms with Crippen LogP contribution in [-0.2, 0) is 9.53 Å². The fourth-order valence-corrected chi connectivity index (χ4v) is 2.00. The van der Waals surface area contributed by atoms with E-state index in [1.807, 2.05) is 13.8 Å². The molecule has 0 aromatic carbocycles. The zero-order valence-electron chi connectivity index (χ0n) is 11.0. The van der Waals surface area contributed by atoms with Gasteiger partial charge in [0.1, 0.15) is 6.10 Å². The minimum absolute atomic E-state index is 0.101. The van der Waals surface area contributed by atoms with Crippen molar-refractivity contribution in [3.05, 3.63) is 0 Å². The largest absolute Gasteiger partial charge is 0.462 e. The van der Waals surface area contributed by atoms with Gasteiger partial charge < -0.3 is 10.5 Å². The van der Waals surface area contributed by atoms with E-state index in [4.69, 9.17) is 10.5 Å². The lowest BCUT2D eigenvalue weighted by atomic mass is 9.80. The van der Waals surface area contributed by atoms with E-state index >= 15 is 0 Å². The third kappa shape index (κ3) is 3.21. The molecule has 3 nitrogen and oxygen atoms in total. The van der Waals surface area contributed by atoms with Crippen LogP contribution in [0.3, 0.4) is 0 Å². The summed E-state index contributed by atoms with van der Waals surface area (Å²) >= 11 is 0. The standard InChI is InChI=1S/C13H25NO2/c1-9-5-6-11(7-10(9)2)16-12(15)13(3,4)8-14/h9-11H,5-8,14H2,1-4H3. The Morgan fingerprint density at radius 1 is 1.31 bits per heavy atom. The van der Waals surface area contributed by atoms with Crippen molar-refractivity contribution in [3.63, 3.8) is 0 Å². The van der Waals surface area contributed by atoms with Crippen LogP contribution < -0.4 is 5.73 Å². The zero-order chi connectivity index (χ0) is 12.3. The van der Waals surface area contributed by atoms with Gasteiger partial charge in [0.05, 0.1) is 5.41 Å². The smallest absolute Gasteiger partial charge is 0.313 e. The first-order valence-electron chi connectivity index (χ1n) is 6.28. The molecule has 3 heteroatoms. The van der Waals surface area contributed by atoms with Crippen molar-refractivity contribution >= 4 is 5.97 Å². The van der Waals surface area contributed by atoms with Gasteiger partial charge in [-0.3, -0.25) is 4.79 Å². The molecule has 3 unspecified atom stereocenters. The summed E-state index contributed by atoms with van der Waals surface area (Å²) in [5.41, 5.74) is 5.01. The molecule has 0 spiro atoms. The van der Waals surface area contributed by atoms with Crippen LogP contribution in [-0.4, -0.2) is 18.6 Å². The molecule has 94 valence electrons. The van der Waals surface area contributed by atoms with Gasteiger partial charge in [0, 0.05) is 6.54 Å². The van der Waals surface area contributed by atoms with Crippen LogP contribution in [0.2, 0.25) is 0 Å². The van der Waals surface area contributed by atoms with Crippen molar-refractivity contribution in [2.45, 2.75) is 53.1 Å². The molecular weight excluding hydrogens is 202 g/mol. The van der Waals surface area contributed by atoms with Crippen molar-refractivity contribution in [1.82, 2.24) is 0 Å². The molecule has 0 bridgehead atoms. The molecule has 0 amide bonds. The average molecular weight is 227 g/mol. The highest BCUT2D eigenvalue weighted by Gasteiger charge is 2.32. The first-order valence-corrected chi connectivity index (χ1v) is 6.28. The van der Waals surface area contributed by atoms with E-state index < -0.39 is 5.41 Å². The number of rotatable bonds is 3. The SMILES string of the molecule is CC1CCC(OC(=O)C(C)(C)CN)CC1C.